The van der Waals surface area contributed by atoms with Gasteiger partial charge in [-0.05, 0) is 43.0 Å². The largest absolute Gasteiger partial charge is 0.345 e. The fraction of sp³-hybridized carbons (Fsp3) is 0.500. The Balaban J connectivity index is 1.92. The van der Waals surface area contributed by atoms with E-state index in [1.807, 2.05) is 13.8 Å². The van der Waals surface area contributed by atoms with Gasteiger partial charge in [-0.2, -0.15) is 0 Å². The summed E-state index contributed by atoms with van der Waals surface area (Å²) in [5, 5.41) is 5.90. The first-order valence-electron chi connectivity index (χ1n) is 8.50. The molecule has 1 heterocycles. The Hall–Kier alpha value is -2.08. The predicted octanol–water partition coefficient (Wildman–Crippen LogP) is 1.83. The molecule has 0 aromatic heterocycles. The van der Waals surface area contributed by atoms with Gasteiger partial charge in [0.05, 0.1) is 6.54 Å². The Kier molecular flexibility index (Phi) is 6.82. The number of carbonyl (C=O) groups is 3. The van der Waals surface area contributed by atoms with Gasteiger partial charge in [-0.3, -0.25) is 14.4 Å². The van der Waals surface area contributed by atoms with Crippen molar-refractivity contribution in [2.24, 2.45) is 5.92 Å². The lowest BCUT2D eigenvalue weighted by Crippen LogP contribution is -2.51. The van der Waals surface area contributed by atoms with Crippen molar-refractivity contribution in [3.63, 3.8) is 0 Å². The van der Waals surface area contributed by atoms with Crippen LogP contribution in [0.3, 0.4) is 0 Å². The van der Waals surface area contributed by atoms with Crippen molar-refractivity contribution in [2.75, 3.05) is 19.6 Å². The Morgan fingerprint density at radius 3 is 2.28 bits per heavy atom. The molecule has 1 aliphatic rings. The zero-order valence-electron chi connectivity index (χ0n) is 14.5. The lowest BCUT2D eigenvalue weighted by molar-refractivity contribution is -0.132. The van der Waals surface area contributed by atoms with Crippen molar-refractivity contribution >= 4 is 29.3 Å². The van der Waals surface area contributed by atoms with Crippen molar-refractivity contribution in [1.82, 2.24) is 15.5 Å². The van der Waals surface area contributed by atoms with Gasteiger partial charge in [0.25, 0.3) is 5.91 Å². The van der Waals surface area contributed by atoms with Crippen LogP contribution in [0.5, 0.6) is 0 Å². The number of amides is 3. The molecule has 0 radical (unpaired) electrons. The van der Waals surface area contributed by atoms with Gasteiger partial charge in [-0.25, -0.2) is 0 Å². The van der Waals surface area contributed by atoms with Crippen molar-refractivity contribution < 1.29 is 14.4 Å². The number of rotatable bonds is 6. The molecule has 1 aliphatic heterocycles. The molecule has 2 N–H and O–H groups in total. The molecule has 1 atom stereocenters. The Morgan fingerprint density at radius 2 is 1.72 bits per heavy atom. The fourth-order valence-electron chi connectivity index (χ4n) is 2.71. The van der Waals surface area contributed by atoms with E-state index < -0.39 is 6.04 Å². The smallest absolute Gasteiger partial charge is 0.251 e. The average molecular weight is 366 g/mol. The lowest BCUT2D eigenvalue weighted by atomic mass is 10.0. The van der Waals surface area contributed by atoms with E-state index in [2.05, 4.69) is 10.6 Å². The van der Waals surface area contributed by atoms with E-state index in [0.29, 0.717) is 10.6 Å². The maximum atomic E-state index is 12.4. The van der Waals surface area contributed by atoms with Crippen LogP contribution >= 0.6 is 11.6 Å². The summed E-state index contributed by atoms with van der Waals surface area (Å²) in [5.41, 5.74) is 0.427. The molecule has 1 fully saturated rings. The first-order valence-corrected chi connectivity index (χ1v) is 8.88. The second-order valence-electron chi connectivity index (χ2n) is 6.51. The lowest BCUT2D eigenvalue weighted by Gasteiger charge is -2.22. The molecular formula is C18H24ClN3O3. The van der Waals surface area contributed by atoms with E-state index in [-0.39, 0.29) is 30.2 Å². The second kappa shape index (κ2) is 8.85. The number of likely N-dealkylation sites (tertiary alicyclic amines) is 1. The molecule has 0 spiro atoms. The van der Waals surface area contributed by atoms with Gasteiger partial charge < -0.3 is 15.5 Å². The van der Waals surface area contributed by atoms with Crippen LogP contribution < -0.4 is 10.6 Å². The summed E-state index contributed by atoms with van der Waals surface area (Å²) >= 11 is 5.82. The molecule has 7 heteroatoms. The number of hydrogen-bond acceptors (Lipinski definition) is 3. The van der Waals surface area contributed by atoms with Crippen LogP contribution in [0.15, 0.2) is 24.3 Å². The summed E-state index contributed by atoms with van der Waals surface area (Å²) in [6.07, 6.45) is 2.01. The van der Waals surface area contributed by atoms with Gasteiger partial charge in [0.15, 0.2) is 0 Å². The summed E-state index contributed by atoms with van der Waals surface area (Å²) in [6.45, 7) is 5.13. The Morgan fingerprint density at radius 1 is 1.12 bits per heavy atom. The fourth-order valence-corrected chi connectivity index (χ4v) is 2.84. The summed E-state index contributed by atoms with van der Waals surface area (Å²) in [7, 11) is 0. The highest BCUT2D eigenvalue weighted by Gasteiger charge is 2.26. The number of halogens is 1. The van der Waals surface area contributed by atoms with Crippen LogP contribution in [0.1, 0.15) is 37.0 Å². The quantitative estimate of drug-likeness (QED) is 0.807. The molecule has 6 nitrogen and oxygen atoms in total. The van der Waals surface area contributed by atoms with E-state index in [1.165, 1.54) is 0 Å². The van der Waals surface area contributed by atoms with Gasteiger partial charge in [0.2, 0.25) is 11.8 Å². The number of nitrogens with zero attached hydrogens (tertiary/aromatic N) is 1. The van der Waals surface area contributed by atoms with E-state index >= 15 is 0 Å². The SMILES string of the molecule is CC(C)C(NC(=O)c1ccc(Cl)cc1)C(=O)NCC(=O)N1CCCC1. The zero-order valence-corrected chi connectivity index (χ0v) is 15.3. The topological polar surface area (TPSA) is 78.5 Å². The van der Waals surface area contributed by atoms with E-state index in [0.717, 1.165) is 25.9 Å². The molecule has 1 unspecified atom stereocenters. The summed E-state index contributed by atoms with van der Waals surface area (Å²) in [5.74, 6) is -0.906. The first-order chi connectivity index (χ1) is 11.9. The number of nitrogens with one attached hydrogen (secondary N) is 2. The van der Waals surface area contributed by atoms with E-state index in [4.69, 9.17) is 11.6 Å². The molecule has 0 aliphatic carbocycles. The number of carbonyl (C=O) groups excluding carboxylic acids is 3. The highest BCUT2D eigenvalue weighted by atomic mass is 35.5. The standard InChI is InChI=1S/C18H24ClN3O3/c1-12(2)16(21-17(24)13-5-7-14(19)8-6-13)18(25)20-11-15(23)22-9-3-4-10-22/h5-8,12,16H,3-4,9-11H2,1-2H3,(H,20,25)(H,21,24). The monoisotopic (exact) mass is 365 g/mol. The van der Waals surface area contributed by atoms with Crippen LogP contribution in [-0.2, 0) is 9.59 Å². The molecule has 0 saturated carbocycles. The molecule has 0 bridgehead atoms. The van der Waals surface area contributed by atoms with Gasteiger partial charge in [-0.1, -0.05) is 25.4 Å². The van der Waals surface area contributed by atoms with Gasteiger partial charge in [-0.15, -0.1) is 0 Å². The second-order valence-corrected chi connectivity index (χ2v) is 6.94. The molecule has 3 amide bonds. The molecule has 2 rings (SSSR count). The summed E-state index contributed by atoms with van der Waals surface area (Å²) in [6, 6.07) is 5.73. The van der Waals surface area contributed by atoms with Crippen molar-refractivity contribution in [1.29, 1.82) is 0 Å². The molecule has 136 valence electrons. The van der Waals surface area contributed by atoms with Crippen molar-refractivity contribution in [3.05, 3.63) is 34.9 Å². The third-order valence-electron chi connectivity index (χ3n) is 4.21. The van der Waals surface area contributed by atoms with Crippen LogP contribution in [0, 0.1) is 5.92 Å². The molecular weight excluding hydrogens is 342 g/mol. The molecule has 25 heavy (non-hydrogen) atoms. The molecule has 1 saturated heterocycles. The van der Waals surface area contributed by atoms with Crippen molar-refractivity contribution in [2.45, 2.75) is 32.7 Å². The minimum Gasteiger partial charge on any atom is -0.345 e. The molecule has 1 aromatic rings. The number of benzene rings is 1. The maximum absolute atomic E-state index is 12.4. The summed E-state index contributed by atoms with van der Waals surface area (Å²) < 4.78 is 0. The average Bonchev–Trinajstić information content (AvgIpc) is 3.12. The normalized spacial score (nSPS) is 15.1. The molecule has 1 aromatic carbocycles. The van der Waals surface area contributed by atoms with Gasteiger partial charge >= 0.3 is 0 Å². The Bertz CT molecular complexity index is 625. The highest BCUT2D eigenvalue weighted by molar-refractivity contribution is 6.30. The van der Waals surface area contributed by atoms with Crippen molar-refractivity contribution in [3.8, 4) is 0 Å². The van der Waals surface area contributed by atoms with Crippen LogP contribution in [0.2, 0.25) is 5.02 Å². The third-order valence-corrected chi connectivity index (χ3v) is 4.47. The first kappa shape index (κ1) is 19.2. The predicted molar refractivity (Wildman–Crippen MR) is 96.4 cm³/mol. The highest BCUT2D eigenvalue weighted by Crippen LogP contribution is 2.11. The minimum absolute atomic E-state index is 0.0428. The van der Waals surface area contributed by atoms with Crippen LogP contribution in [0.25, 0.3) is 0 Å². The zero-order chi connectivity index (χ0) is 18.4. The minimum atomic E-state index is -0.713. The van der Waals surface area contributed by atoms with Crippen LogP contribution in [0.4, 0.5) is 0 Å². The maximum Gasteiger partial charge on any atom is 0.251 e. The third kappa shape index (κ3) is 5.46. The van der Waals surface area contributed by atoms with Gasteiger partial charge in [0, 0.05) is 23.7 Å². The number of hydrogen-bond donors (Lipinski definition) is 2. The Labute approximate surface area is 152 Å². The summed E-state index contributed by atoms with van der Waals surface area (Å²) in [4.78, 5) is 38.5. The van der Waals surface area contributed by atoms with Gasteiger partial charge in [0.1, 0.15) is 6.04 Å². The van der Waals surface area contributed by atoms with Crippen LogP contribution in [-0.4, -0.2) is 48.3 Å². The van der Waals surface area contributed by atoms with E-state index in [9.17, 15) is 14.4 Å². The van der Waals surface area contributed by atoms with E-state index in [1.54, 1.807) is 29.2 Å².